The number of rotatable bonds is 1. The summed E-state index contributed by atoms with van der Waals surface area (Å²) >= 11 is 0. The molecule has 1 aliphatic heterocycles. The van der Waals surface area contributed by atoms with E-state index in [1.54, 1.807) is 0 Å². The summed E-state index contributed by atoms with van der Waals surface area (Å²) in [6, 6.07) is 0. The van der Waals surface area contributed by atoms with Crippen molar-refractivity contribution in [2.24, 2.45) is 5.92 Å². The van der Waals surface area contributed by atoms with Gasteiger partial charge in [-0.3, -0.25) is 4.79 Å². The smallest absolute Gasteiger partial charge is 0.213 e. The van der Waals surface area contributed by atoms with Crippen LogP contribution in [0.15, 0.2) is 11.8 Å². The third kappa shape index (κ3) is 1.26. The highest BCUT2D eigenvalue weighted by Crippen LogP contribution is 2.33. The molecule has 1 atom stereocenters. The zero-order valence-electron chi connectivity index (χ0n) is 7.33. The van der Waals surface area contributed by atoms with Gasteiger partial charge in [0.2, 0.25) is 6.41 Å². The van der Waals surface area contributed by atoms with Crippen molar-refractivity contribution in [3.8, 4) is 0 Å². The molecule has 0 aromatic carbocycles. The third-order valence-corrected chi connectivity index (χ3v) is 2.94. The number of carbonyl (C=O) groups is 1. The zero-order chi connectivity index (χ0) is 8.39. The Kier molecular flexibility index (Phi) is 2.15. The summed E-state index contributed by atoms with van der Waals surface area (Å²) < 4.78 is 0. The maximum Gasteiger partial charge on any atom is 0.213 e. The number of amides is 1. The molecule has 2 nitrogen and oxygen atoms in total. The first kappa shape index (κ1) is 7.84. The lowest BCUT2D eigenvalue weighted by atomic mass is 9.85. The first-order valence-electron chi connectivity index (χ1n) is 4.84. The molecule has 0 saturated carbocycles. The summed E-state index contributed by atoms with van der Waals surface area (Å²) in [5.41, 5.74) is 1.31. The largest absolute Gasteiger partial charge is 0.319 e. The normalized spacial score (nSPS) is 29.2. The molecule has 0 spiro atoms. The molecule has 1 fully saturated rings. The molecule has 0 bridgehead atoms. The van der Waals surface area contributed by atoms with Gasteiger partial charge in [-0.15, -0.1) is 0 Å². The molecule has 12 heavy (non-hydrogen) atoms. The van der Waals surface area contributed by atoms with Crippen molar-refractivity contribution >= 4 is 6.41 Å². The van der Waals surface area contributed by atoms with Crippen LogP contribution >= 0.6 is 0 Å². The molecular weight excluding hydrogens is 150 g/mol. The Morgan fingerprint density at radius 2 is 2.25 bits per heavy atom. The van der Waals surface area contributed by atoms with Crippen LogP contribution in [0.4, 0.5) is 0 Å². The van der Waals surface area contributed by atoms with Crippen LogP contribution in [0.25, 0.3) is 0 Å². The summed E-state index contributed by atoms with van der Waals surface area (Å²) in [5, 5.41) is 0. The highest BCUT2D eigenvalue weighted by molar-refractivity contribution is 5.52. The fourth-order valence-electron chi connectivity index (χ4n) is 2.32. The number of piperidine rings is 1. The minimum Gasteiger partial charge on any atom is -0.319 e. The van der Waals surface area contributed by atoms with Crippen LogP contribution in [0.2, 0.25) is 0 Å². The van der Waals surface area contributed by atoms with Gasteiger partial charge in [0.25, 0.3) is 0 Å². The lowest BCUT2D eigenvalue weighted by molar-refractivity contribution is -0.117. The Balaban J connectivity index is 2.17. The van der Waals surface area contributed by atoms with Gasteiger partial charge in [-0.25, -0.2) is 0 Å². The van der Waals surface area contributed by atoms with Gasteiger partial charge >= 0.3 is 0 Å². The van der Waals surface area contributed by atoms with Gasteiger partial charge in [0, 0.05) is 12.2 Å². The van der Waals surface area contributed by atoms with Crippen molar-refractivity contribution in [3.63, 3.8) is 0 Å². The summed E-state index contributed by atoms with van der Waals surface area (Å²) in [6.07, 6.45) is 9.47. The van der Waals surface area contributed by atoms with Crippen molar-refractivity contribution < 1.29 is 4.79 Å². The standard InChI is InChI=1S/C10H15NO/c12-8-11-7-3-5-9-4-1-2-6-10(9)11/h6,8-9H,1-5,7H2. The van der Waals surface area contributed by atoms with Gasteiger partial charge in [-0.2, -0.15) is 0 Å². The number of allylic oxidation sites excluding steroid dienone is 2. The second-order valence-corrected chi connectivity index (χ2v) is 3.70. The predicted octanol–water partition coefficient (Wildman–Crippen LogP) is 1.92. The fraction of sp³-hybridized carbons (Fsp3) is 0.700. The Morgan fingerprint density at radius 3 is 3.08 bits per heavy atom. The van der Waals surface area contributed by atoms with Crippen molar-refractivity contribution in [1.29, 1.82) is 0 Å². The molecule has 0 aromatic heterocycles. The molecular formula is C10H15NO. The van der Waals surface area contributed by atoms with Crippen LogP contribution in [0.1, 0.15) is 32.1 Å². The van der Waals surface area contributed by atoms with Gasteiger partial charge in [-0.05, 0) is 38.0 Å². The van der Waals surface area contributed by atoms with Crippen LogP contribution in [0.3, 0.4) is 0 Å². The average molecular weight is 165 g/mol. The highest BCUT2D eigenvalue weighted by Gasteiger charge is 2.25. The van der Waals surface area contributed by atoms with Crippen LogP contribution < -0.4 is 0 Å². The van der Waals surface area contributed by atoms with Crippen LogP contribution in [0.5, 0.6) is 0 Å². The summed E-state index contributed by atoms with van der Waals surface area (Å²) in [6.45, 7) is 0.936. The maximum atomic E-state index is 10.7. The van der Waals surface area contributed by atoms with E-state index in [1.807, 2.05) is 4.90 Å². The minimum absolute atomic E-state index is 0.692. The summed E-state index contributed by atoms with van der Waals surface area (Å²) in [7, 11) is 0. The van der Waals surface area contributed by atoms with E-state index in [9.17, 15) is 4.79 Å². The minimum atomic E-state index is 0.692. The van der Waals surface area contributed by atoms with Gasteiger partial charge in [0.1, 0.15) is 0 Å². The molecule has 66 valence electrons. The van der Waals surface area contributed by atoms with Crippen LogP contribution in [-0.2, 0) is 4.79 Å². The first-order chi connectivity index (χ1) is 5.92. The topological polar surface area (TPSA) is 20.3 Å². The number of fused-ring (bicyclic) bond motifs is 1. The average Bonchev–Trinajstić information content (AvgIpc) is 2.17. The third-order valence-electron chi connectivity index (χ3n) is 2.94. The molecule has 1 saturated heterocycles. The number of likely N-dealkylation sites (tertiary alicyclic amines) is 1. The monoisotopic (exact) mass is 165 g/mol. The van der Waals surface area contributed by atoms with E-state index in [2.05, 4.69) is 6.08 Å². The van der Waals surface area contributed by atoms with Crippen molar-refractivity contribution in [3.05, 3.63) is 11.8 Å². The van der Waals surface area contributed by atoms with E-state index >= 15 is 0 Å². The second-order valence-electron chi connectivity index (χ2n) is 3.70. The fourth-order valence-corrected chi connectivity index (χ4v) is 2.32. The Labute approximate surface area is 73.2 Å². The second kappa shape index (κ2) is 3.30. The van der Waals surface area contributed by atoms with Gasteiger partial charge in [-0.1, -0.05) is 6.08 Å². The Morgan fingerprint density at radius 1 is 1.42 bits per heavy atom. The van der Waals surface area contributed by atoms with E-state index in [4.69, 9.17) is 0 Å². The first-order valence-corrected chi connectivity index (χ1v) is 4.84. The molecule has 1 aliphatic carbocycles. The molecule has 2 heteroatoms. The summed E-state index contributed by atoms with van der Waals surface area (Å²) in [5.74, 6) is 0.692. The Hall–Kier alpha value is -0.790. The lowest BCUT2D eigenvalue weighted by Crippen LogP contribution is -2.33. The number of nitrogens with zero attached hydrogens (tertiary/aromatic N) is 1. The van der Waals surface area contributed by atoms with Gasteiger partial charge in [0.05, 0.1) is 0 Å². The quantitative estimate of drug-likeness (QED) is 0.544. The van der Waals surface area contributed by atoms with E-state index in [-0.39, 0.29) is 0 Å². The molecule has 0 N–H and O–H groups in total. The summed E-state index contributed by atoms with van der Waals surface area (Å²) in [4.78, 5) is 12.6. The van der Waals surface area contributed by atoms with E-state index in [0.717, 1.165) is 19.4 Å². The SMILES string of the molecule is O=CN1CCCC2CCCC=C21. The molecule has 1 heterocycles. The lowest BCUT2D eigenvalue weighted by Gasteiger charge is -2.35. The van der Waals surface area contributed by atoms with Crippen molar-refractivity contribution in [2.75, 3.05) is 6.54 Å². The van der Waals surface area contributed by atoms with Gasteiger partial charge < -0.3 is 4.90 Å². The van der Waals surface area contributed by atoms with Crippen LogP contribution in [-0.4, -0.2) is 17.9 Å². The van der Waals surface area contributed by atoms with E-state index < -0.39 is 0 Å². The molecule has 1 unspecified atom stereocenters. The zero-order valence-corrected chi connectivity index (χ0v) is 7.33. The Bertz CT molecular complexity index is 210. The molecule has 2 aliphatic rings. The molecule has 1 amide bonds. The van der Waals surface area contributed by atoms with Crippen LogP contribution in [0, 0.1) is 5.92 Å². The molecule has 0 radical (unpaired) electrons. The van der Waals surface area contributed by atoms with E-state index in [1.165, 1.54) is 31.4 Å². The highest BCUT2D eigenvalue weighted by atomic mass is 16.1. The van der Waals surface area contributed by atoms with Gasteiger partial charge in [0.15, 0.2) is 0 Å². The molecule has 0 aromatic rings. The van der Waals surface area contributed by atoms with Crippen molar-refractivity contribution in [1.82, 2.24) is 4.90 Å². The number of carbonyl (C=O) groups excluding carboxylic acids is 1. The number of hydrogen-bond donors (Lipinski definition) is 0. The van der Waals surface area contributed by atoms with E-state index in [0.29, 0.717) is 5.92 Å². The molecule has 2 rings (SSSR count). The number of hydrogen-bond acceptors (Lipinski definition) is 1. The van der Waals surface area contributed by atoms with Crippen molar-refractivity contribution in [2.45, 2.75) is 32.1 Å². The predicted molar refractivity (Wildman–Crippen MR) is 47.4 cm³/mol. The maximum absolute atomic E-state index is 10.7.